The molecule has 1 heterocycles. The van der Waals surface area contributed by atoms with Crippen molar-refractivity contribution in [3.05, 3.63) is 68.8 Å². The van der Waals surface area contributed by atoms with Crippen LogP contribution in [0, 0.1) is 5.82 Å². The van der Waals surface area contributed by atoms with E-state index in [4.69, 9.17) is 17.0 Å². The van der Waals surface area contributed by atoms with Gasteiger partial charge in [-0.2, -0.15) is 0 Å². The summed E-state index contributed by atoms with van der Waals surface area (Å²) < 4.78 is 20.1. The maximum atomic E-state index is 12.9. The van der Waals surface area contributed by atoms with Crippen molar-refractivity contribution < 1.29 is 13.9 Å². The number of carbonyl (C=O) groups is 1. The van der Waals surface area contributed by atoms with Crippen molar-refractivity contribution in [3.8, 4) is 5.75 Å². The summed E-state index contributed by atoms with van der Waals surface area (Å²) in [5.41, 5.74) is 1.76. The second kappa shape index (κ2) is 8.33. The Morgan fingerprint density at radius 1 is 1.27 bits per heavy atom. The molecule has 0 N–H and O–H groups in total. The first-order chi connectivity index (χ1) is 12.5. The smallest absolute Gasteiger partial charge is 0.266 e. The summed E-state index contributed by atoms with van der Waals surface area (Å²) in [6, 6.07) is 11.8. The van der Waals surface area contributed by atoms with Gasteiger partial charge in [-0.15, -0.1) is 0 Å². The first-order valence-corrected chi connectivity index (χ1v) is 9.92. The maximum absolute atomic E-state index is 12.9. The van der Waals surface area contributed by atoms with Crippen LogP contribution in [0.4, 0.5) is 4.39 Å². The van der Waals surface area contributed by atoms with E-state index in [1.54, 1.807) is 17.0 Å². The lowest BCUT2D eigenvalue weighted by Crippen LogP contribution is -2.27. The van der Waals surface area contributed by atoms with E-state index in [9.17, 15) is 9.18 Å². The molecule has 1 saturated heterocycles. The van der Waals surface area contributed by atoms with E-state index in [2.05, 4.69) is 15.9 Å². The summed E-state index contributed by atoms with van der Waals surface area (Å²) in [7, 11) is 0. The van der Waals surface area contributed by atoms with Gasteiger partial charge in [-0.3, -0.25) is 9.69 Å². The molecule has 134 valence electrons. The van der Waals surface area contributed by atoms with Crippen LogP contribution in [0.2, 0.25) is 0 Å². The van der Waals surface area contributed by atoms with E-state index < -0.39 is 0 Å². The number of benzene rings is 2. The fourth-order valence-electron chi connectivity index (χ4n) is 2.39. The molecule has 1 fully saturated rings. The van der Waals surface area contributed by atoms with E-state index in [1.165, 1.54) is 23.9 Å². The molecule has 2 aromatic rings. The lowest BCUT2D eigenvalue weighted by molar-refractivity contribution is -0.121. The fraction of sp³-hybridized carbons (Fsp3) is 0.158. The van der Waals surface area contributed by atoms with Crippen LogP contribution in [0.25, 0.3) is 6.08 Å². The quantitative estimate of drug-likeness (QED) is 0.450. The van der Waals surface area contributed by atoms with Gasteiger partial charge >= 0.3 is 0 Å². The molecule has 0 aromatic heterocycles. The van der Waals surface area contributed by atoms with E-state index in [-0.39, 0.29) is 11.7 Å². The third kappa shape index (κ3) is 4.34. The molecule has 0 radical (unpaired) electrons. The highest BCUT2D eigenvalue weighted by Gasteiger charge is 2.30. The Labute approximate surface area is 169 Å². The standard InChI is InChI=1S/C19H15BrFNO2S2/c1-2-22-18(23)17(26-19(22)25)10-13-5-8-16(15(20)9-13)24-11-12-3-6-14(21)7-4-12/h3-10H,2,11H2,1H3/b17-10-. The fourth-order valence-corrected chi connectivity index (χ4v) is 4.28. The Kier molecular flexibility index (Phi) is 6.11. The Hall–Kier alpha value is -1.70. The number of ether oxygens (including phenoxy) is 1. The first-order valence-electron chi connectivity index (χ1n) is 7.90. The number of rotatable bonds is 5. The molecule has 0 bridgehead atoms. The summed E-state index contributed by atoms with van der Waals surface area (Å²) in [5.74, 6) is 0.343. The maximum Gasteiger partial charge on any atom is 0.266 e. The Morgan fingerprint density at radius 3 is 2.62 bits per heavy atom. The minimum Gasteiger partial charge on any atom is -0.488 e. The van der Waals surface area contributed by atoms with Crippen molar-refractivity contribution in [1.82, 2.24) is 4.90 Å². The van der Waals surface area contributed by atoms with Gasteiger partial charge in [0.25, 0.3) is 5.91 Å². The largest absolute Gasteiger partial charge is 0.488 e. The monoisotopic (exact) mass is 451 g/mol. The topological polar surface area (TPSA) is 29.5 Å². The third-order valence-corrected chi connectivity index (χ3v) is 5.75. The lowest BCUT2D eigenvalue weighted by Gasteiger charge is -2.10. The number of likely N-dealkylation sites (N-methyl/N-ethyl adjacent to an activating group) is 1. The van der Waals surface area contributed by atoms with Crippen LogP contribution >= 0.6 is 39.9 Å². The van der Waals surface area contributed by atoms with Crippen LogP contribution in [0.15, 0.2) is 51.8 Å². The van der Waals surface area contributed by atoms with Crippen LogP contribution in [-0.2, 0) is 11.4 Å². The molecule has 0 atom stereocenters. The highest BCUT2D eigenvalue weighted by molar-refractivity contribution is 9.10. The summed E-state index contributed by atoms with van der Waals surface area (Å²) in [6.45, 7) is 2.81. The van der Waals surface area contributed by atoms with Gasteiger partial charge < -0.3 is 4.74 Å². The molecule has 2 aromatic carbocycles. The zero-order chi connectivity index (χ0) is 18.7. The highest BCUT2D eigenvalue weighted by atomic mass is 79.9. The molecule has 1 aliphatic heterocycles. The minimum absolute atomic E-state index is 0.0599. The molecule has 1 amide bonds. The molecule has 3 rings (SSSR count). The number of hydrogen-bond acceptors (Lipinski definition) is 4. The highest BCUT2D eigenvalue weighted by Crippen LogP contribution is 2.34. The first kappa shape index (κ1) is 19.1. The number of hydrogen-bond donors (Lipinski definition) is 0. The van der Waals surface area contributed by atoms with Crippen molar-refractivity contribution in [2.24, 2.45) is 0 Å². The molecule has 0 saturated carbocycles. The van der Waals surface area contributed by atoms with Crippen molar-refractivity contribution >= 4 is 56.2 Å². The van der Waals surface area contributed by atoms with Crippen LogP contribution in [0.5, 0.6) is 5.75 Å². The van der Waals surface area contributed by atoms with Gasteiger partial charge in [0.1, 0.15) is 22.5 Å². The summed E-state index contributed by atoms with van der Waals surface area (Å²) in [6.07, 6.45) is 1.82. The van der Waals surface area contributed by atoms with E-state index >= 15 is 0 Å². The van der Waals surface area contributed by atoms with Gasteiger partial charge in [-0.25, -0.2) is 4.39 Å². The van der Waals surface area contributed by atoms with Crippen LogP contribution < -0.4 is 4.74 Å². The summed E-state index contributed by atoms with van der Waals surface area (Å²) in [5, 5.41) is 0. The number of amides is 1. The number of thiocarbonyl (C=S) groups is 1. The third-order valence-electron chi connectivity index (χ3n) is 3.75. The molecule has 3 nitrogen and oxygen atoms in total. The van der Waals surface area contributed by atoms with Gasteiger partial charge in [0.2, 0.25) is 0 Å². The molecule has 0 spiro atoms. The zero-order valence-corrected chi connectivity index (χ0v) is 17.1. The molecule has 1 aliphatic rings. The minimum atomic E-state index is -0.271. The Morgan fingerprint density at radius 2 is 2.00 bits per heavy atom. The van der Waals surface area contributed by atoms with E-state index in [1.807, 2.05) is 31.2 Å². The van der Waals surface area contributed by atoms with Crippen LogP contribution in [0.3, 0.4) is 0 Å². The average molecular weight is 452 g/mol. The van der Waals surface area contributed by atoms with Gasteiger partial charge in [-0.1, -0.05) is 42.2 Å². The number of carbonyl (C=O) groups excluding carboxylic acids is 1. The lowest BCUT2D eigenvalue weighted by atomic mass is 10.2. The van der Waals surface area contributed by atoms with Crippen molar-refractivity contribution in [3.63, 3.8) is 0 Å². The summed E-state index contributed by atoms with van der Waals surface area (Å²) in [4.78, 5) is 14.5. The normalized spacial score (nSPS) is 15.8. The van der Waals surface area contributed by atoms with Crippen LogP contribution in [0.1, 0.15) is 18.1 Å². The predicted molar refractivity (Wildman–Crippen MR) is 110 cm³/mol. The zero-order valence-electron chi connectivity index (χ0n) is 13.9. The SMILES string of the molecule is CCN1C(=O)/C(=C/c2ccc(OCc3ccc(F)cc3)c(Br)c2)SC1=S. The van der Waals surface area contributed by atoms with Crippen molar-refractivity contribution in [2.45, 2.75) is 13.5 Å². The molecular formula is C19H15BrFNO2S2. The Bertz CT molecular complexity index is 884. The summed E-state index contributed by atoms with van der Waals surface area (Å²) >= 11 is 10.0. The number of thioether (sulfide) groups is 1. The second-order valence-corrected chi connectivity index (χ2v) is 8.06. The van der Waals surface area contributed by atoms with Crippen molar-refractivity contribution in [1.29, 1.82) is 0 Å². The van der Waals surface area contributed by atoms with E-state index in [0.29, 0.717) is 28.1 Å². The second-order valence-electron chi connectivity index (χ2n) is 5.53. The molecule has 0 unspecified atom stereocenters. The predicted octanol–water partition coefficient (Wildman–Crippen LogP) is 5.39. The van der Waals surface area contributed by atoms with E-state index in [0.717, 1.165) is 15.6 Å². The van der Waals surface area contributed by atoms with Crippen molar-refractivity contribution in [2.75, 3.05) is 6.54 Å². The van der Waals surface area contributed by atoms with Crippen LogP contribution in [-0.4, -0.2) is 21.7 Å². The number of nitrogens with zero attached hydrogens (tertiary/aromatic N) is 1. The van der Waals surface area contributed by atoms with Gasteiger partial charge in [0.15, 0.2) is 0 Å². The molecule has 7 heteroatoms. The molecule has 0 aliphatic carbocycles. The molecule has 26 heavy (non-hydrogen) atoms. The van der Waals surface area contributed by atoms with Gasteiger partial charge in [-0.05, 0) is 64.3 Å². The number of halogens is 2. The molecular weight excluding hydrogens is 437 g/mol. The van der Waals surface area contributed by atoms with Gasteiger partial charge in [0.05, 0.1) is 9.38 Å². The average Bonchev–Trinajstić information content (AvgIpc) is 2.88. The van der Waals surface area contributed by atoms with Gasteiger partial charge in [0, 0.05) is 6.54 Å². The Balaban J connectivity index is 1.71.